The highest BCUT2D eigenvalue weighted by Gasteiger charge is 2.50. The van der Waals surface area contributed by atoms with Crippen LogP contribution in [0.15, 0.2) is 36.4 Å². The second-order valence-electron chi connectivity index (χ2n) is 5.72. The molecule has 1 aromatic carbocycles. The zero-order chi connectivity index (χ0) is 16.1. The van der Waals surface area contributed by atoms with Gasteiger partial charge in [0.1, 0.15) is 0 Å². The number of anilines is 1. The number of benzene rings is 1. The molecule has 22 heavy (non-hydrogen) atoms. The van der Waals surface area contributed by atoms with Crippen molar-refractivity contribution in [3.63, 3.8) is 0 Å². The summed E-state index contributed by atoms with van der Waals surface area (Å²) in [4.78, 5) is 25.9. The van der Waals surface area contributed by atoms with Crippen LogP contribution in [0.25, 0.3) is 0 Å². The second kappa shape index (κ2) is 4.97. The van der Waals surface area contributed by atoms with Crippen molar-refractivity contribution >= 4 is 17.5 Å². The first-order chi connectivity index (χ1) is 10.3. The quantitative estimate of drug-likeness (QED) is 0.589. The molecule has 3 rings (SSSR count). The van der Waals surface area contributed by atoms with Crippen molar-refractivity contribution in [1.82, 2.24) is 0 Å². The number of imide groups is 1. The summed E-state index contributed by atoms with van der Waals surface area (Å²) < 4.78 is 38.4. The van der Waals surface area contributed by atoms with Gasteiger partial charge in [-0.05, 0) is 30.5 Å². The third-order valence-electron chi connectivity index (χ3n) is 4.30. The molecule has 3 unspecified atom stereocenters. The summed E-state index contributed by atoms with van der Waals surface area (Å²) in [5, 5.41) is 0. The van der Waals surface area contributed by atoms with Crippen LogP contribution in [0.2, 0.25) is 0 Å². The Morgan fingerprint density at radius 1 is 1.18 bits per heavy atom. The maximum absolute atomic E-state index is 12.8. The Morgan fingerprint density at radius 3 is 2.55 bits per heavy atom. The van der Waals surface area contributed by atoms with E-state index in [1.807, 2.05) is 19.1 Å². The van der Waals surface area contributed by atoms with E-state index in [4.69, 9.17) is 0 Å². The van der Waals surface area contributed by atoms with E-state index in [1.165, 1.54) is 12.1 Å². The first-order valence-electron chi connectivity index (χ1n) is 7.02. The zero-order valence-electron chi connectivity index (χ0n) is 11.8. The third kappa shape index (κ3) is 2.23. The van der Waals surface area contributed by atoms with Gasteiger partial charge < -0.3 is 0 Å². The minimum absolute atomic E-state index is 0.00794. The topological polar surface area (TPSA) is 37.4 Å². The van der Waals surface area contributed by atoms with Gasteiger partial charge in [0, 0.05) is 0 Å². The highest BCUT2D eigenvalue weighted by molar-refractivity contribution is 6.22. The van der Waals surface area contributed by atoms with Crippen LogP contribution in [-0.4, -0.2) is 11.8 Å². The summed E-state index contributed by atoms with van der Waals surface area (Å²) in [6.07, 6.45) is -0.326. The predicted octanol–water partition coefficient (Wildman–Crippen LogP) is 3.41. The molecule has 1 fully saturated rings. The molecule has 3 nitrogen and oxygen atoms in total. The van der Waals surface area contributed by atoms with Gasteiger partial charge in [0.25, 0.3) is 0 Å². The van der Waals surface area contributed by atoms with Crippen molar-refractivity contribution in [2.45, 2.75) is 19.5 Å². The molecule has 2 aliphatic rings. The van der Waals surface area contributed by atoms with Gasteiger partial charge in [-0.25, -0.2) is 0 Å². The molecule has 0 aromatic heterocycles. The number of carbonyl (C=O) groups is 2. The molecule has 0 saturated carbocycles. The summed E-state index contributed by atoms with van der Waals surface area (Å²) in [5.41, 5.74) is -0.877. The average Bonchev–Trinajstić information content (AvgIpc) is 2.71. The van der Waals surface area contributed by atoms with Gasteiger partial charge in [0.05, 0.1) is 23.1 Å². The molecule has 1 aliphatic carbocycles. The van der Waals surface area contributed by atoms with Crippen molar-refractivity contribution in [3.05, 3.63) is 42.0 Å². The van der Waals surface area contributed by atoms with Gasteiger partial charge in [-0.15, -0.1) is 0 Å². The number of hydrogen-bond donors (Lipinski definition) is 0. The molecule has 6 heteroatoms. The normalized spacial score (nSPS) is 28.2. The number of halogens is 3. The molecular weight excluding hydrogens is 295 g/mol. The van der Waals surface area contributed by atoms with Gasteiger partial charge in [-0.2, -0.15) is 13.2 Å². The Morgan fingerprint density at radius 2 is 1.91 bits per heavy atom. The highest BCUT2D eigenvalue weighted by atomic mass is 19.4. The smallest absolute Gasteiger partial charge is 0.274 e. The van der Waals surface area contributed by atoms with E-state index >= 15 is 0 Å². The Bertz CT molecular complexity index is 666. The number of carbonyl (C=O) groups excluding carboxylic acids is 2. The van der Waals surface area contributed by atoms with E-state index in [9.17, 15) is 22.8 Å². The van der Waals surface area contributed by atoms with Crippen molar-refractivity contribution in [3.8, 4) is 0 Å². The van der Waals surface area contributed by atoms with Crippen LogP contribution in [0.5, 0.6) is 0 Å². The summed E-state index contributed by atoms with van der Waals surface area (Å²) in [6.45, 7) is 1.84. The number of alkyl halides is 3. The van der Waals surface area contributed by atoms with E-state index in [1.54, 1.807) is 0 Å². The Hall–Kier alpha value is -2.11. The molecular formula is C16H14F3NO2. The number of fused-ring (bicyclic) bond motifs is 1. The zero-order valence-corrected chi connectivity index (χ0v) is 11.8. The maximum atomic E-state index is 12.8. The molecule has 1 aliphatic heterocycles. The van der Waals surface area contributed by atoms with Crippen LogP contribution in [0.1, 0.15) is 18.9 Å². The number of nitrogens with zero attached hydrogens (tertiary/aromatic N) is 1. The molecule has 0 N–H and O–H groups in total. The fourth-order valence-electron chi connectivity index (χ4n) is 3.22. The lowest BCUT2D eigenvalue weighted by molar-refractivity contribution is -0.137. The lowest BCUT2D eigenvalue weighted by atomic mass is 9.78. The van der Waals surface area contributed by atoms with Crippen molar-refractivity contribution in [1.29, 1.82) is 0 Å². The van der Waals surface area contributed by atoms with Gasteiger partial charge in [-0.3, -0.25) is 14.5 Å². The lowest BCUT2D eigenvalue weighted by Crippen LogP contribution is -2.31. The fourth-order valence-corrected chi connectivity index (χ4v) is 3.22. The maximum Gasteiger partial charge on any atom is 0.416 e. The van der Waals surface area contributed by atoms with E-state index in [0.29, 0.717) is 6.42 Å². The monoisotopic (exact) mass is 309 g/mol. The Kier molecular flexibility index (Phi) is 3.34. The SMILES string of the molecule is CC1C=CCC2C(=O)N(c3cccc(C(F)(F)F)c3)C(=O)C12. The second-order valence-corrected chi connectivity index (χ2v) is 5.72. The summed E-state index contributed by atoms with van der Waals surface area (Å²) in [7, 11) is 0. The van der Waals surface area contributed by atoms with E-state index in [0.717, 1.165) is 17.0 Å². The summed E-state index contributed by atoms with van der Waals surface area (Å²) >= 11 is 0. The molecule has 2 amide bonds. The largest absolute Gasteiger partial charge is 0.416 e. The molecule has 0 bridgehead atoms. The van der Waals surface area contributed by atoms with Crippen LogP contribution in [0, 0.1) is 17.8 Å². The fraction of sp³-hybridized carbons (Fsp3) is 0.375. The first-order valence-corrected chi connectivity index (χ1v) is 7.02. The lowest BCUT2D eigenvalue weighted by Gasteiger charge is -2.22. The number of rotatable bonds is 1. The third-order valence-corrected chi connectivity index (χ3v) is 4.30. The van der Waals surface area contributed by atoms with Crippen LogP contribution >= 0.6 is 0 Å². The molecule has 1 saturated heterocycles. The summed E-state index contributed by atoms with van der Waals surface area (Å²) in [6, 6.07) is 4.35. The van der Waals surface area contributed by atoms with Crippen LogP contribution in [0.4, 0.5) is 18.9 Å². The van der Waals surface area contributed by atoms with Gasteiger partial charge in [-0.1, -0.05) is 25.1 Å². The summed E-state index contributed by atoms with van der Waals surface area (Å²) in [5.74, 6) is -1.86. The molecule has 1 heterocycles. The van der Waals surface area contributed by atoms with Crippen LogP contribution < -0.4 is 4.90 Å². The van der Waals surface area contributed by atoms with Crippen molar-refractivity contribution in [2.75, 3.05) is 4.90 Å². The molecule has 3 atom stereocenters. The first kappa shape index (κ1) is 14.8. The molecule has 116 valence electrons. The van der Waals surface area contributed by atoms with Crippen LogP contribution in [-0.2, 0) is 15.8 Å². The Labute approximate surface area is 125 Å². The molecule has 0 spiro atoms. The highest BCUT2D eigenvalue weighted by Crippen LogP contribution is 2.41. The number of hydrogen-bond acceptors (Lipinski definition) is 2. The number of amides is 2. The molecule has 1 aromatic rings. The standard InChI is InChI=1S/C16H14F3NO2/c1-9-4-2-7-12-13(9)15(22)20(14(12)21)11-6-3-5-10(8-11)16(17,18)19/h2-6,8-9,12-13H,7H2,1H3. The van der Waals surface area contributed by atoms with Crippen LogP contribution in [0.3, 0.4) is 0 Å². The Balaban J connectivity index is 2.00. The molecule has 0 radical (unpaired) electrons. The predicted molar refractivity (Wildman–Crippen MR) is 73.8 cm³/mol. The average molecular weight is 309 g/mol. The number of allylic oxidation sites excluding steroid dienone is 2. The van der Waals surface area contributed by atoms with Gasteiger partial charge >= 0.3 is 6.18 Å². The van der Waals surface area contributed by atoms with Crippen molar-refractivity contribution in [2.24, 2.45) is 17.8 Å². The minimum Gasteiger partial charge on any atom is -0.274 e. The minimum atomic E-state index is -4.51. The van der Waals surface area contributed by atoms with Gasteiger partial charge in [0.15, 0.2) is 0 Å². The van der Waals surface area contributed by atoms with Gasteiger partial charge in [0.2, 0.25) is 11.8 Å². The van der Waals surface area contributed by atoms with E-state index < -0.39 is 35.4 Å². The van der Waals surface area contributed by atoms with E-state index in [-0.39, 0.29) is 11.6 Å². The van der Waals surface area contributed by atoms with E-state index in [2.05, 4.69) is 0 Å². The van der Waals surface area contributed by atoms with Crippen molar-refractivity contribution < 1.29 is 22.8 Å².